The van der Waals surface area contributed by atoms with Crippen LogP contribution in [0.1, 0.15) is 24.2 Å². The molecule has 6 nitrogen and oxygen atoms in total. The van der Waals surface area contributed by atoms with E-state index in [2.05, 4.69) is 15.5 Å². The molecule has 0 saturated heterocycles. The van der Waals surface area contributed by atoms with Gasteiger partial charge in [0.05, 0.1) is 17.3 Å². The maximum Gasteiger partial charge on any atom is 0.250 e. The highest BCUT2D eigenvalue weighted by Crippen LogP contribution is 2.22. The summed E-state index contributed by atoms with van der Waals surface area (Å²) in [6.45, 7) is 4.01. The summed E-state index contributed by atoms with van der Waals surface area (Å²) in [4.78, 5) is 12.5. The van der Waals surface area contributed by atoms with Crippen molar-refractivity contribution in [2.24, 2.45) is 0 Å². The molecule has 0 aliphatic carbocycles. The lowest BCUT2D eigenvalue weighted by atomic mass is 10.2. The van der Waals surface area contributed by atoms with Crippen LogP contribution in [0.5, 0.6) is 0 Å². The normalized spacial score (nSPS) is 12.2. The number of nitrogens with one attached hydrogen (secondary N) is 1. The van der Waals surface area contributed by atoms with Crippen molar-refractivity contribution in [1.82, 2.24) is 19.6 Å². The van der Waals surface area contributed by atoms with Crippen molar-refractivity contribution in [2.75, 3.05) is 5.32 Å². The number of aryl methyl sites for hydroxylation is 1. The van der Waals surface area contributed by atoms with Gasteiger partial charge in [-0.05, 0) is 31.5 Å². The predicted molar refractivity (Wildman–Crippen MR) is 103 cm³/mol. The Hall–Kier alpha value is -2.02. The Morgan fingerprint density at radius 2 is 1.81 bits per heavy atom. The van der Waals surface area contributed by atoms with Gasteiger partial charge < -0.3 is 5.32 Å². The van der Waals surface area contributed by atoms with Gasteiger partial charge in [-0.3, -0.25) is 14.2 Å². The minimum atomic E-state index is -0.557. The van der Waals surface area contributed by atoms with Gasteiger partial charge in [-0.15, -0.1) is 0 Å². The Labute approximate surface area is 165 Å². The van der Waals surface area contributed by atoms with Gasteiger partial charge in [0.15, 0.2) is 5.82 Å². The van der Waals surface area contributed by atoms with Gasteiger partial charge in [-0.2, -0.15) is 10.2 Å². The Morgan fingerprint density at radius 1 is 1.12 bits per heavy atom. The largest absolute Gasteiger partial charge is 0.306 e. The Kier molecular flexibility index (Phi) is 5.55. The van der Waals surface area contributed by atoms with Crippen LogP contribution in [-0.4, -0.2) is 25.5 Å². The molecule has 1 unspecified atom stereocenters. The molecule has 1 aromatic carbocycles. The monoisotopic (exact) mass is 411 g/mol. The van der Waals surface area contributed by atoms with Gasteiger partial charge in [0.1, 0.15) is 11.1 Å². The molecule has 1 N–H and O–H groups in total. The lowest BCUT2D eigenvalue weighted by Gasteiger charge is -2.11. The highest BCUT2D eigenvalue weighted by Gasteiger charge is 2.19. The fourth-order valence-electron chi connectivity index (χ4n) is 2.34. The number of amides is 1. The van der Waals surface area contributed by atoms with E-state index >= 15 is 0 Å². The van der Waals surface area contributed by atoms with Crippen LogP contribution in [0.3, 0.4) is 0 Å². The zero-order valence-electron chi connectivity index (χ0n) is 14.1. The summed E-state index contributed by atoms with van der Waals surface area (Å²) in [5.74, 6) is 0.00950. The molecule has 0 spiro atoms. The van der Waals surface area contributed by atoms with Crippen molar-refractivity contribution in [1.29, 1.82) is 0 Å². The average molecular weight is 413 g/mol. The van der Waals surface area contributed by atoms with Crippen LogP contribution in [-0.2, 0) is 11.3 Å². The summed E-state index contributed by atoms with van der Waals surface area (Å²) >= 11 is 18.1. The maximum atomic E-state index is 12.5. The minimum absolute atomic E-state index is 0.289. The lowest BCUT2D eigenvalue weighted by molar-refractivity contribution is -0.119. The maximum absolute atomic E-state index is 12.5. The van der Waals surface area contributed by atoms with Crippen LogP contribution < -0.4 is 5.32 Å². The summed E-state index contributed by atoms with van der Waals surface area (Å²) in [7, 11) is 0. The molecular weight excluding hydrogens is 397 g/mol. The van der Waals surface area contributed by atoms with Crippen molar-refractivity contribution >= 4 is 46.5 Å². The zero-order valence-corrected chi connectivity index (χ0v) is 16.3. The second kappa shape index (κ2) is 7.70. The molecule has 2 heterocycles. The molecule has 0 aliphatic rings. The van der Waals surface area contributed by atoms with Crippen LogP contribution >= 0.6 is 34.8 Å². The number of carbonyl (C=O) groups is 1. The van der Waals surface area contributed by atoms with E-state index < -0.39 is 6.04 Å². The fraction of sp³-hybridized carbons (Fsp3) is 0.235. The molecule has 1 amide bonds. The molecule has 3 rings (SSSR count). The fourth-order valence-corrected chi connectivity index (χ4v) is 2.80. The van der Waals surface area contributed by atoms with E-state index in [4.69, 9.17) is 34.8 Å². The number of benzene rings is 1. The number of rotatable bonds is 5. The third-order valence-electron chi connectivity index (χ3n) is 3.85. The first-order valence-electron chi connectivity index (χ1n) is 7.83. The van der Waals surface area contributed by atoms with E-state index in [9.17, 15) is 4.79 Å². The predicted octanol–water partition coefficient (Wildman–Crippen LogP) is 4.60. The SMILES string of the molecule is Cc1nn(C(C)C(=O)Nc2nn(Cc3ccc(Cl)cc3)cc2Cl)cc1Cl. The van der Waals surface area contributed by atoms with E-state index in [-0.39, 0.29) is 5.91 Å². The summed E-state index contributed by atoms with van der Waals surface area (Å²) in [5.41, 5.74) is 1.68. The number of aromatic nitrogens is 4. The molecule has 0 saturated carbocycles. The zero-order chi connectivity index (χ0) is 18.8. The number of nitrogens with zero attached hydrogens (tertiary/aromatic N) is 4. The number of hydrogen-bond acceptors (Lipinski definition) is 3. The van der Waals surface area contributed by atoms with Gasteiger partial charge in [-0.1, -0.05) is 46.9 Å². The molecule has 1 atom stereocenters. The van der Waals surface area contributed by atoms with Crippen molar-refractivity contribution < 1.29 is 4.79 Å². The third kappa shape index (κ3) is 4.20. The molecular formula is C17H16Cl3N5O. The van der Waals surface area contributed by atoms with E-state index in [1.807, 2.05) is 24.3 Å². The van der Waals surface area contributed by atoms with Crippen LogP contribution in [0, 0.1) is 6.92 Å². The van der Waals surface area contributed by atoms with Crippen LogP contribution in [0.2, 0.25) is 15.1 Å². The molecule has 3 aromatic rings. The standard InChI is InChI=1S/C17H16Cl3N5O/c1-10-14(19)9-25(22-10)11(2)17(26)21-16-15(20)8-24(23-16)7-12-3-5-13(18)6-4-12/h3-6,8-9,11H,7H2,1-2H3,(H,21,23,26). The molecule has 9 heteroatoms. The molecule has 0 aliphatic heterocycles. The Morgan fingerprint density at radius 3 is 2.42 bits per heavy atom. The number of halogens is 3. The highest BCUT2D eigenvalue weighted by atomic mass is 35.5. The number of carbonyl (C=O) groups excluding carboxylic acids is 1. The molecule has 0 bridgehead atoms. The van der Waals surface area contributed by atoms with Crippen molar-refractivity contribution in [3.8, 4) is 0 Å². The molecule has 136 valence electrons. The van der Waals surface area contributed by atoms with E-state index in [1.165, 1.54) is 4.68 Å². The van der Waals surface area contributed by atoms with Crippen LogP contribution in [0.25, 0.3) is 0 Å². The van der Waals surface area contributed by atoms with Gasteiger partial charge in [0, 0.05) is 17.4 Å². The van der Waals surface area contributed by atoms with Crippen molar-refractivity contribution in [3.63, 3.8) is 0 Å². The van der Waals surface area contributed by atoms with E-state index in [1.54, 1.807) is 30.9 Å². The third-order valence-corrected chi connectivity index (χ3v) is 4.75. The first-order chi connectivity index (χ1) is 12.3. The molecule has 26 heavy (non-hydrogen) atoms. The van der Waals surface area contributed by atoms with Gasteiger partial charge >= 0.3 is 0 Å². The minimum Gasteiger partial charge on any atom is -0.306 e. The van der Waals surface area contributed by atoms with Crippen LogP contribution in [0.4, 0.5) is 5.82 Å². The molecule has 2 aromatic heterocycles. The van der Waals surface area contributed by atoms with E-state index in [0.29, 0.717) is 33.1 Å². The van der Waals surface area contributed by atoms with Gasteiger partial charge in [0.25, 0.3) is 0 Å². The number of anilines is 1. The second-order valence-electron chi connectivity index (χ2n) is 5.86. The van der Waals surface area contributed by atoms with Gasteiger partial charge in [0.2, 0.25) is 5.91 Å². The molecule has 0 radical (unpaired) electrons. The summed E-state index contributed by atoms with van der Waals surface area (Å²) < 4.78 is 3.16. The quantitative estimate of drug-likeness (QED) is 0.666. The first kappa shape index (κ1) is 18.8. The Bertz CT molecular complexity index is 913. The Balaban J connectivity index is 1.70. The summed E-state index contributed by atoms with van der Waals surface area (Å²) in [5, 5.41) is 12.8. The van der Waals surface area contributed by atoms with Crippen molar-refractivity contribution in [2.45, 2.75) is 26.4 Å². The van der Waals surface area contributed by atoms with Gasteiger partial charge in [-0.25, -0.2) is 0 Å². The second-order valence-corrected chi connectivity index (χ2v) is 7.11. The average Bonchev–Trinajstić information content (AvgIpc) is 3.11. The summed E-state index contributed by atoms with van der Waals surface area (Å²) in [6, 6.07) is 6.87. The highest BCUT2D eigenvalue weighted by molar-refractivity contribution is 6.33. The number of hydrogen-bond donors (Lipinski definition) is 1. The lowest BCUT2D eigenvalue weighted by Crippen LogP contribution is -2.24. The van der Waals surface area contributed by atoms with E-state index in [0.717, 1.165) is 5.56 Å². The molecule has 0 fully saturated rings. The smallest absolute Gasteiger partial charge is 0.250 e. The van der Waals surface area contributed by atoms with Crippen LogP contribution in [0.15, 0.2) is 36.7 Å². The topological polar surface area (TPSA) is 64.7 Å². The van der Waals surface area contributed by atoms with Crippen molar-refractivity contribution in [3.05, 3.63) is 63.0 Å². The summed E-state index contributed by atoms with van der Waals surface area (Å²) in [6.07, 6.45) is 3.27. The first-order valence-corrected chi connectivity index (χ1v) is 8.96.